The molecule has 2 aliphatic rings. The van der Waals surface area contributed by atoms with Crippen molar-refractivity contribution in [3.8, 4) is 23.0 Å². The van der Waals surface area contributed by atoms with Gasteiger partial charge in [-0.2, -0.15) is 0 Å². The van der Waals surface area contributed by atoms with Crippen molar-refractivity contribution in [3.05, 3.63) is 58.7 Å². The molecule has 1 aliphatic carbocycles. The number of aldehydes is 1. The van der Waals surface area contributed by atoms with Crippen molar-refractivity contribution < 1.29 is 43.5 Å². The van der Waals surface area contributed by atoms with E-state index in [0.29, 0.717) is 53.3 Å². The van der Waals surface area contributed by atoms with Crippen molar-refractivity contribution in [1.82, 2.24) is 10.2 Å². The number of fused-ring (bicyclic) bond motifs is 3. The van der Waals surface area contributed by atoms with Crippen molar-refractivity contribution in [2.45, 2.75) is 50.4 Å². The summed E-state index contributed by atoms with van der Waals surface area (Å²) in [5.41, 5.74) is 1.93. The van der Waals surface area contributed by atoms with E-state index < -0.39 is 30.1 Å². The lowest BCUT2D eigenvalue weighted by atomic mass is 9.77. The molecule has 0 saturated carbocycles. The van der Waals surface area contributed by atoms with Crippen LogP contribution >= 0.6 is 0 Å². The average Bonchev–Trinajstić information content (AvgIpc) is 3.40. The molecule has 0 spiro atoms. The van der Waals surface area contributed by atoms with Gasteiger partial charge in [0.2, 0.25) is 11.8 Å². The van der Waals surface area contributed by atoms with E-state index in [4.69, 9.17) is 18.9 Å². The lowest BCUT2D eigenvalue weighted by Crippen LogP contribution is -2.56. The van der Waals surface area contributed by atoms with Gasteiger partial charge in [-0.15, -0.1) is 0 Å². The van der Waals surface area contributed by atoms with Crippen LogP contribution in [0.5, 0.6) is 23.0 Å². The van der Waals surface area contributed by atoms with E-state index in [0.717, 1.165) is 5.56 Å². The first-order valence-electron chi connectivity index (χ1n) is 13.9. The second-order valence-corrected chi connectivity index (χ2v) is 10.2. The van der Waals surface area contributed by atoms with E-state index in [1.807, 2.05) is 13.0 Å². The maximum Gasteiger partial charge on any atom is 0.247 e. The molecule has 0 radical (unpaired) electrons. The average molecular weight is 583 g/mol. The topological polar surface area (TPSA) is 144 Å². The summed E-state index contributed by atoms with van der Waals surface area (Å²) in [6.07, 6.45) is 1.35. The third-order valence-corrected chi connectivity index (χ3v) is 7.66. The summed E-state index contributed by atoms with van der Waals surface area (Å²) >= 11 is 0. The van der Waals surface area contributed by atoms with Gasteiger partial charge in [-0.05, 0) is 54.8 Å². The van der Waals surface area contributed by atoms with Crippen LogP contribution in [0, 0.1) is 0 Å². The monoisotopic (exact) mass is 582 g/mol. The maximum absolute atomic E-state index is 13.5. The van der Waals surface area contributed by atoms with E-state index in [1.54, 1.807) is 43.4 Å². The lowest BCUT2D eigenvalue weighted by molar-refractivity contribution is -0.137. The molecule has 0 saturated heterocycles. The zero-order valence-corrected chi connectivity index (χ0v) is 24.3. The summed E-state index contributed by atoms with van der Waals surface area (Å²) in [5.74, 6) is 0.500. The molecule has 3 N–H and O–H groups in total. The standard InChI is InChI=1S/C31H38N2O9/c1-5-6-26(36)33(11-9-19-15-20(39-2)7-8-24(19)40-3)23-16-22(31(38)32-10-12-34)27-21-13-18(17-35)14-25(41-4)29(21)42-30(27)28(23)37/h7-8,13-17,23,27-28,30,34,37H,5-6,9-12H2,1-4H3,(H,32,38)/t23-,27+,28+,30+/m1/s1. The molecule has 2 aromatic carbocycles. The first-order chi connectivity index (χ1) is 20.3. The molecule has 42 heavy (non-hydrogen) atoms. The highest BCUT2D eigenvalue weighted by Gasteiger charge is 2.51. The predicted octanol–water partition coefficient (Wildman–Crippen LogP) is 2.02. The molecular formula is C31H38N2O9. The molecule has 1 heterocycles. The van der Waals surface area contributed by atoms with Crippen molar-refractivity contribution in [1.29, 1.82) is 0 Å². The van der Waals surface area contributed by atoms with Gasteiger partial charge in [-0.1, -0.05) is 6.92 Å². The van der Waals surface area contributed by atoms with Crippen LogP contribution in [0.4, 0.5) is 0 Å². The SMILES string of the molecule is CCCC(=O)N(CCc1cc(OC)ccc1OC)[C@@H]1C=C(C(=O)NCCO)[C@@H]2c3cc(C=O)cc(OC)c3O[C@@H]2[C@H]1O. The first-order valence-corrected chi connectivity index (χ1v) is 13.9. The summed E-state index contributed by atoms with van der Waals surface area (Å²) in [6.45, 7) is 1.86. The Morgan fingerprint density at radius 1 is 1.10 bits per heavy atom. The van der Waals surface area contributed by atoms with E-state index in [-0.39, 0.29) is 37.6 Å². The van der Waals surface area contributed by atoms with Crippen molar-refractivity contribution in [2.75, 3.05) is 41.0 Å². The number of rotatable bonds is 13. The molecule has 2 aromatic rings. The number of carbonyl (C=O) groups excluding carboxylic acids is 3. The van der Waals surface area contributed by atoms with Crippen LogP contribution in [-0.2, 0) is 16.0 Å². The zero-order valence-electron chi connectivity index (χ0n) is 24.3. The molecule has 2 amide bonds. The zero-order chi connectivity index (χ0) is 30.4. The molecule has 0 fully saturated rings. The molecule has 4 atom stereocenters. The minimum atomic E-state index is -1.21. The Kier molecular flexibility index (Phi) is 10.1. The van der Waals surface area contributed by atoms with Gasteiger partial charge in [0, 0.05) is 36.2 Å². The smallest absolute Gasteiger partial charge is 0.247 e. The molecule has 226 valence electrons. The third kappa shape index (κ3) is 6.07. The van der Waals surface area contributed by atoms with E-state index in [1.165, 1.54) is 13.2 Å². The van der Waals surface area contributed by atoms with E-state index in [2.05, 4.69) is 5.32 Å². The molecule has 0 unspecified atom stereocenters. The van der Waals surface area contributed by atoms with Gasteiger partial charge in [0.15, 0.2) is 11.5 Å². The van der Waals surface area contributed by atoms with Crippen LogP contribution in [0.3, 0.4) is 0 Å². The minimum Gasteiger partial charge on any atom is -0.497 e. The summed E-state index contributed by atoms with van der Waals surface area (Å²) < 4.78 is 22.6. The Hall–Kier alpha value is -4.09. The number of hydrogen-bond donors (Lipinski definition) is 3. The summed E-state index contributed by atoms with van der Waals surface area (Å²) in [4.78, 5) is 40.2. The Morgan fingerprint density at radius 3 is 2.50 bits per heavy atom. The minimum absolute atomic E-state index is 0.0142. The number of aliphatic hydroxyl groups is 2. The summed E-state index contributed by atoms with van der Waals surface area (Å²) in [7, 11) is 4.57. The van der Waals surface area contributed by atoms with Crippen LogP contribution in [-0.4, -0.2) is 92.5 Å². The molecule has 0 aromatic heterocycles. The van der Waals surface area contributed by atoms with Crippen molar-refractivity contribution in [3.63, 3.8) is 0 Å². The molecule has 11 heteroatoms. The van der Waals surface area contributed by atoms with Gasteiger partial charge in [0.1, 0.15) is 30.0 Å². The number of ether oxygens (including phenoxy) is 4. The molecule has 1 aliphatic heterocycles. The summed E-state index contributed by atoms with van der Waals surface area (Å²) in [5, 5.41) is 23.8. The summed E-state index contributed by atoms with van der Waals surface area (Å²) in [6, 6.07) is 7.66. The number of methoxy groups -OCH3 is 3. The van der Waals surface area contributed by atoms with Crippen LogP contribution in [0.25, 0.3) is 0 Å². The van der Waals surface area contributed by atoms with Crippen LogP contribution in [0.1, 0.15) is 47.2 Å². The second-order valence-electron chi connectivity index (χ2n) is 10.2. The Labute approximate surface area is 245 Å². The van der Waals surface area contributed by atoms with Crippen molar-refractivity contribution >= 4 is 18.1 Å². The fourth-order valence-corrected chi connectivity index (χ4v) is 5.67. The largest absolute Gasteiger partial charge is 0.497 e. The quantitative estimate of drug-likeness (QED) is 0.302. The molecule has 0 bridgehead atoms. The Morgan fingerprint density at radius 2 is 1.86 bits per heavy atom. The second kappa shape index (κ2) is 13.7. The van der Waals surface area contributed by atoms with Crippen LogP contribution in [0.2, 0.25) is 0 Å². The van der Waals surface area contributed by atoms with Gasteiger partial charge in [0.05, 0.1) is 39.9 Å². The van der Waals surface area contributed by atoms with Gasteiger partial charge >= 0.3 is 0 Å². The van der Waals surface area contributed by atoms with E-state index in [9.17, 15) is 24.6 Å². The molecule has 4 rings (SSSR count). The highest BCUT2D eigenvalue weighted by atomic mass is 16.5. The first kappa shape index (κ1) is 30.9. The Balaban J connectivity index is 1.77. The highest BCUT2D eigenvalue weighted by molar-refractivity contribution is 5.96. The molecule has 11 nitrogen and oxygen atoms in total. The fraction of sp³-hybridized carbons (Fsp3) is 0.452. The Bertz CT molecular complexity index is 1340. The van der Waals surface area contributed by atoms with Gasteiger partial charge in [0.25, 0.3) is 0 Å². The number of hydrogen-bond acceptors (Lipinski definition) is 9. The number of carbonyl (C=O) groups is 3. The lowest BCUT2D eigenvalue weighted by Gasteiger charge is -2.41. The van der Waals surface area contributed by atoms with Gasteiger partial charge in [-0.25, -0.2) is 0 Å². The number of amides is 2. The number of nitrogens with one attached hydrogen (secondary N) is 1. The predicted molar refractivity (Wildman–Crippen MR) is 153 cm³/mol. The van der Waals surface area contributed by atoms with Crippen LogP contribution < -0.4 is 24.3 Å². The van der Waals surface area contributed by atoms with Crippen LogP contribution in [0.15, 0.2) is 42.0 Å². The highest BCUT2D eigenvalue weighted by Crippen LogP contribution is 2.51. The maximum atomic E-state index is 13.5. The third-order valence-electron chi connectivity index (χ3n) is 7.66. The van der Waals surface area contributed by atoms with Crippen molar-refractivity contribution in [2.24, 2.45) is 0 Å². The fourth-order valence-electron chi connectivity index (χ4n) is 5.67. The number of aliphatic hydroxyl groups excluding tert-OH is 2. The van der Waals surface area contributed by atoms with Gasteiger partial charge in [-0.3, -0.25) is 14.4 Å². The number of nitrogens with zero attached hydrogens (tertiary/aromatic N) is 1. The van der Waals surface area contributed by atoms with E-state index >= 15 is 0 Å². The number of benzene rings is 2. The normalized spacial score (nSPS) is 20.4. The van der Waals surface area contributed by atoms with Gasteiger partial charge < -0.3 is 39.4 Å². The molecular weight excluding hydrogens is 544 g/mol.